The number of hydrogen-bond acceptors (Lipinski definition) is 6. The Morgan fingerprint density at radius 1 is 0.931 bits per heavy atom. The molecule has 0 atom stereocenters. The Balaban J connectivity index is 1.66. The smallest absolute Gasteiger partial charge is 0.229 e. The molecule has 0 spiro atoms. The number of ether oxygens (including phenoxy) is 1. The summed E-state index contributed by atoms with van der Waals surface area (Å²) in [7, 11) is 1.67. The lowest BCUT2D eigenvalue weighted by Gasteiger charge is -2.35. The van der Waals surface area contributed by atoms with Gasteiger partial charge in [0.15, 0.2) is 0 Å². The largest absolute Gasteiger partial charge is 0.497 e. The maximum Gasteiger partial charge on any atom is 0.229 e. The Morgan fingerprint density at radius 2 is 1.72 bits per heavy atom. The zero-order valence-electron chi connectivity index (χ0n) is 17.0. The molecule has 1 aromatic heterocycles. The van der Waals surface area contributed by atoms with Gasteiger partial charge in [-0.1, -0.05) is 43.3 Å². The van der Waals surface area contributed by atoms with Crippen LogP contribution < -0.4 is 15.0 Å². The van der Waals surface area contributed by atoms with Crippen LogP contribution in [0.15, 0.2) is 60.7 Å². The second-order valence-electron chi connectivity index (χ2n) is 7.08. The quantitative estimate of drug-likeness (QED) is 0.687. The van der Waals surface area contributed by atoms with Crippen LogP contribution in [-0.4, -0.2) is 54.7 Å². The average Bonchev–Trinajstić information content (AvgIpc) is 2.79. The molecule has 0 amide bonds. The van der Waals surface area contributed by atoms with E-state index in [2.05, 4.69) is 40.2 Å². The zero-order valence-corrected chi connectivity index (χ0v) is 17.0. The Labute approximate surface area is 172 Å². The second kappa shape index (κ2) is 8.92. The summed E-state index contributed by atoms with van der Waals surface area (Å²) < 4.78 is 5.33. The molecule has 0 unspecified atom stereocenters. The summed E-state index contributed by atoms with van der Waals surface area (Å²) in [6, 6.07) is 20.1. The van der Waals surface area contributed by atoms with Crippen molar-refractivity contribution in [1.82, 2.24) is 14.9 Å². The van der Waals surface area contributed by atoms with Crippen molar-refractivity contribution in [3.05, 3.63) is 60.7 Å². The predicted octanol–water partition coefficient (Wildman–Crippen LogP) is 4.04. The van der Waals surface area contributed by atoms with E-state index in [4.69, 9.17) is 14.7 Å². The van der Waals surface area contributed by atoms with Gasteiger partial charge in [-0.05, 0) is 18.7 Å². The van der Waals surface area contributed by atoms with Crippen molar-refractivity contribution in [2.45, 2.75) is 6.92 Å². The molecule has 150 valence electrons. The van der Waals surface area contributed by atoms with E-state index >= 15 is 0 Å². The van der Waals surface area contributed by atoms with Gasteiger partial charge in [-0.15, -0.1) is 0 Å². The molecule has 0 bridgehead atoms. The minimum absolute atomic E-state index is 0.590. The van der Waals surface area contributed by atoms with Gasteiger partial charge >= 0.3 is 0 Å². The number of piperazine rings is 1. The molecule has 1 fully saturated rings. The van der Waals surface area contributed by atoms with Gasteiger partial charge in [0.2, 0.25) is 5.95 Å². The number of likely N-dealkylation sites (N-methyl/N-ethyl adjacent to an activating group) is 1. The summed E-state index contributed by atoms with van der Waals surface area (Å²) in [5.41, 5.74) is 2.90. The minimum atomic E-state index is 0.590. The van der Waals surface area contributed by atoms with E-state index in [-0.39, 0.29) is 0 Å². The normalized spacial score (nSPS) is 14.6. The number of aromatic nitrogens is 2. The van der Waals surface area contributed by atoms with E-state index in [9.17, 15) is 0 Å². The van der Waals surface area contributed by atoms with Crippen LogP contribution in [0.2, 0.25) is 0 Å². The van der Waals surface area contributed by atoms with Crippen molar-refractivity contribution in [1.29, 1.82) is 0 Å². The van der Waals surface area contributed by atoms with Crippen LogP contribution in [0.25, 0.3) is 11.3 Å². The summed E-state index contributed by atoms with van der Waals surface area (Å²) in [4.78, 5) is 14.4. The van der Waals surface area contributed by atoms with Gasteiger partial charge < -0.3 is 19.9 Å². The van der Waals surface area contributed by atoms with E-state index in [0.717, 1.165) is 61.2 Å². The molecule has 1 N–H and O–H groups in total. The third kappa shape index (κ3) is 4.66. The Hall–Kier alpha value is -3.12. The first-order valence-corrected chi connectivity index (χ1v) is 10.1. The van der Waals surface area contributed by atoms with Crippen molar-refractivity contribution in [2.75, 3.05) is 50.1 Å². The summed E-state index contributed by atoms with van der Waals surface area (Å²) in [5, 5.41) is 3.35. The molecular formula is C23H27N5O. The molecule has 0 aliphatic carbocycles. The first-order valence-electron chi connectivity index (χ1n) is 10.1. The van der Waals surface area contributed by atoms with Gasteiger partial charge in [-0.3, -0.25) is 0 Å². The van der Waals surface area contributed by atoms with Crippen LogP contribution >= 0.6 is 0 Å². The molecule has 1 saturated heterocycles. The molecule has 2 heterocycles. The molecule has 6 heteroatoms. The summed E-state index contributed by atoms with van der Waals surface area (Å²) >= 11 is 0. The molecule has 4 rings (SSSR count). The topological polar surface area (TPSA) is 53.5 Å². The highest BCUT2D eigenvalue weighted by Crippen LogP contribution is 2.26. The lowest BCUT2D eigenvalue weighted by Crippen LogP contribution is -2.46. The van der Waals surface area contributed by atoms with E-state index in [0.29, 0.717) is 5.95 Å². The monoisotopic (exact) mass is 389 g/mol. The summed E-state index contributed by atoms with van der Waals surface area (Å²) in [5.74, 6) is 2.35. The molecule has 0 saturated carbocycles. The zero-order chi connectivity index (χ0) is 20.1. The Bertz CT molecular complexity index is 939. The van der Waals surface area contributed by atoms with Gasteiger partial charge in [0, 0.05) is 49.6 Å². The van der Waals surface area contributed by atoms with Crippen LogP contribution in [0.1, 0.15) is 6.92 Å². The van der Waals surface area contributed by atoms with Gasteiger partial charge in [-0.25, -0.2) is 4.98 Å². The Morgan fingerprint density at radius 3 is 2.45 bits per heavy atom. The van der Waals surface area contributed by atoms with Crippen molar-refractivity contribution in [3.8, 4) is 17.0 Å². The van der Waals surface area contributed by atoms with Crippen LogP contribution in [-0.2, 0) is 0 Å². The van der Waals surface area contributed by atoms with E-state index < -0.39 is 0 Å². The SMILES string of the molecule is CCN1CCN(c2cc(-c3ccccc3)nc(Nc3cccc(OC)c3)n2)CC1. The summed E-state index contributed by atoms with van der Waals surface area (Å²) in [6.45, 7) is 7.36. The number of methoxy groups -OCH3 is 1. The second-order valence-corrected chi connectivity index (χ2v) is 7.08. The standard InChI is InChI=1S/C23H27N5O/c1-3-27-12-14-28(15-13-27)22-17-21(18-8-5-4-6-9-18)25-23(26-22)24-19-10-7-11-20(16-19)29-2/h4-11,16-17H,3,12-15H2,1-2H3,(H,24,25,26). The van der Waals surface area contributed by atoms with Crippen LogP contribution in [0.4, 0.5) is 17.5 Å². The lowest BCUT2D eigenvalue weighted by atomic mass is 10.1. The number of rotatable bonds is 6. The molecular weight excluding hydrogens is 362 g/mol. The lowest BCUT2D eigenvalue weighted by molar-refractivity contribution is 0.270. The fraction of sp³-hybridized carbons (Fsp3) is 0.304. The van der Waals surface area contributed by atoms with E-state index in [1.807, 2.05) is 42.5 Å². The number of benzene rings is 2. The van der Waals surface area contributed by atoms with Crippen LogP contribution in [0.3, 0.4) is 0 Å². The van der Waals surface area contributed by atoms with Gasteiger partial charge in [0.25, 0.3) is 0 Å². The number of anilines is 3. The average molecular weight is 390 g/mol. The predicted molar refractivity (Wildman–Crippen MR) is 118 cm³/mol. The van der Waals surface area contributed by atoms with E-state index in [1.54, 1.807) is 7.11 Å². The molecule has 1 aliphatic heterocycles. The molecule has 29 heavy (non-hydrogen) atoms. The molecule has 2 aromatic carbocycles. The molecule has 1 aliphatic rings. The summed E-state index contributed by atoms with van der Waals surface area (Å²) in [6.07, 6.45) is 0. The number of hydrogen-bond donors (Lipinski definition) is 1. The van der Waals surface area contributed by atoms with Crippen LogP contribution in [0.5, 0.6) is 5.75 Å². The highest BCUT2D eigenvalue weighted by molar-refractivity contribution is 5.67. The van der Waals surface area contributed by atoms with Crippen molar-refractivity contribution in [3.63, 3.8) is 0 Å². The van der Waals surface area contributed by atoms with Gasteiger partial charge in [0.05, 0.1) is 12.8 Å². The van der Waals surface area contributed by atoms with Crippen molar-refractivity contribution in [2.24, 2.45) is 0 Å². The molecule has 6 nitrogen and oxygen atoms in total. The van der Waals surface area contributed by atoms with E-state index in [1.165, 1.54) is 0 Å². The third-order valence-corrected chi connectivity index (χ3v) is 5.25. The first-order chi connectivity index (χ1) is 14.2. The van der Waals surface area contributed by atoms with Crippen molar-refractivity contribution >= 4 is 17.5 Å². The number of nitrogens with one attached hydrogen (secondary N) is 1. The maximum atomic E-state index is 5.33. The molecule has 0 radical (unpaired) electrons. The number of nitrogens with zero attached hydrogens (tertiary/aromatic N) is 4. The van der Waals surface area contributed by atoms with Crippen LogP contribution in [0, 0.1) is 0 Å². The fourth-order valence-electron chi connectivity index (χ4n) is 3.53. The fourth-order valence-corrected chi connectivity index (χ4v) is 3.53. The third-order valence-electron chi connectivity index (χ3n) is 5.25. The van der Waals surface area contributed by atoms with Gasteiger partial charge in [0.1, 0.15) is 11.6 Å². The first kappa shape index (κ1) is 19.2. The van der Waals surface area contributed by atoms with Crippen molar-refractivity contribution < 1.29 is 4.74 Å². The maximum absolute atomic E-state index is 5.33. The molecule has 3 aromatic rings. The highest BCUT2D eigenvalue weighted by atomic mass is 16.5. The minimum Gasteiger partial charge on any atom is -0.497 e. The Kier molecular flexibility index (Phi) is 5.91. The highest BCUT2D eigenvalue weighted by Gasteiger charge is 2.19. The van der Waals surface area contributed by atoms with Gasteiger partial charge in [-0.2, -0.15) is 4.98 Å².